The molecule has 1 saturated heterocycles. The van der Waals surface area contributed by atoms with Gasteiger partial charge in [0, 0.05) is 30.5 Å². The molecule has 0 aliphatic carbocycles. The van der Waals surface area contributed by atoms with E-state index in [1.807, 2.05) is 19.9 Å². The van der Waals surface area contributed by atoms with Crippen LogP contribution >= 0.6 is 0 Å². The number of piperidine rings is 1. The molecule has 3 rings (SSSR count). The van der Waals surface area contributed by atoms with Crippen LogP contribution in [0.1, 0.15) is 47.6 Å². The zero-order valence-corrected chi connectivity index (χ0v) is 16.6. The molecule has 1 aliphatic rings. The quantitative estimate of drug-likeness (QED) is 0.726. The number of carbonyl (C=O) groups is 1. The third kappa shape index (κ3) is 4.64. The van der Waals surface area contributed by atoms with Crippen molar-refractivity contribution >= 4 is 11.9 Å². The Morgan fingerprint density at radius 2 is 2.07 bits per heavy atom. The first-order valence-electron chi connectivity index (χ1n) is 9.40. The fraction of sp³-hybridized carbons (Fsp3) is 0.526. The van der Waals surface area contributed by atoms with E-state index in [-0.39, 0.29) is 24.3 Å². The third-order valence-electron chi connectivity index (χ3n) is 4.52. The molecule has 1 amide bonds. The van der Waals surface area contributed by atoms with Gasteiger partial charge in [-0.3, -0.25) is 9.36 Å². The van der Waals surface area contributed by atoms with E-state index in [1.165, 1.54) is 0 Å². The maximum Gasteiger partial charge on any atom is 0.289 e. The lowest BCUT2D eigenvalue weighted by Crippen LogP contribution is -2.44. The molecule has 0 spiro atoms. The summed E-state index contributed by atoms with van der Waals surface area (Å²) in [4.78, 5) is 23.5. The van der Waals surface area contributed by atoms with Gasteiger partial charge in [0.1, 0.15) is 5.82 Å². The maximum atomic E-state index is 12.8. The van der Waals surface area contributed by atoms with Gasteiger partial charge >= 0.3 is 0 Å². The van der Waals surface area contributed by atoms with E-state index in [2.05, 4.69) is 42.2 Å². The Morgan fingerprint density at radius 1 is 1.32 bits per heavy atom. The normalized spacial score (nSPS) is 16.4. The van der Waals surface area contributed by atoms with Crippen molar-refractivity contribution in [2.24, 2.45) is 5.73 Å². The first-order chi connectivity index (χ1) is 13.5. The van der Waals surface area contributed by atoms with Crippen LogP contribution in [0.15, 0.2) is 6.07 Å². The minimum Gasteiger partial charge on any atom is -0.342 e. The van der Waals surface area contributed by atoms with E-state index in [0.29, 0.717) is 24.9 Å². The van der Waals surface area contributed by atoms with Crippen LogP contribution in [0.5, 0.6) is 0 Å². The molecule has 1 atom stereocenters. The van der Waals surface area contributed by atoms with Crippen molar-refractivity contribution in [3.8, 4) is 11.8 Å². The molecular formula is C19H26N8O. The van der Waals surface area contributed by atoms with Crippen molar-refractivity contribution in [3.05, 3.63) is 29.1 Å². The molecule has 1 unspecified atom stereocenters. The first-order valence-corrected chi connectivity index (χ1v) is 9.40. The molecular weight excluding hydrogens is 356 g/mol. The Bertz CT molecular complexity index is 890. The van der Waals surface area contributed by atoms with E-state index in [0.717, 1.165) is 30.8 Å². The maximum absolute atomic E-state index is 12.8. The van der Waals surface area contributed by atoms with Crippen LogP contribution in [0.4, 0.5) is 5.95 Å². The van der Waals surface area contributed by atoms with Crippen LogP contribution in [0, 0.1) is 25.7 Å². The summed E-state index contributed by atoms with van der Waals surface area (Å²) in [5.74, 6) is 6.94. The fourth-order valence-electron chi connectivity index (χ4n) is 3.31. The van der Waals surface area contributed by atoms with Gasteiger partial charge in [0.25, 0.3) is 5.91 Å². The number of aryl methyl sites for hydroxylation is 2. The van der Waals surface area contributed by atoms with Gasteiger partial charge in [-0.1, -0.05) is 5.92 Å². The van der Waals surface area contributed by atoms with Gasteiger partial charge in [-0.2, -0.15) is 0 Å². The average molecular weight is 382 g/mol. The number of nitrogens with zero attached hydrogens (tertiary/aromatic N) is 6. The zero-order valence-electron chi connectivity index (χ0n) is 16.6. The third-order valence-corrected chi connectivity index (χ3v) is 4.52. The summed E-state index contributed by atoms with van der Waals surface area (Å²) in [5.41, 5.74) is 7.82. The molecule has 9 nitrogen and oxygen atoms in total. The molecule has 9 heteroatoms. The second kappa shape index (κ2) is 8.80. The standard InChI is InChI=1S/C19H26N8O/c1-4-5-9-27-17(24-25-19(27)26-8-6-7-15(20)12-26)18(28)21-11-16-22-13(2)10-14(3)23-16/h10,15H,6-9,11-12,20H2,1-3H3,(H,21,28). The van der Waals surface area contributed by atoms with E-state index in [4.69, 9.17) is 5.73 Å². The Hall–Kier alpha value is -2.99. The number of rotatable bonds is 5. The predicted molar refractivity (Wildman–Crippen MR) is 106 cm³/mol. The van der Waals surface area contributed by atoms with Crippen molar-refractivity contribution in [2.75, 3.05) is 18.0 Å². The molecule has 0 aromatic carbocycles. The number of nitrogens with two attached hydrogens (primary N) is 1. The van der Waals surface area contributed by atoms with Crippen LogP contribution in [0.2, 0.25) is 0 Å². The Kier molecular flexibility index (Phi) is 6.21. The molecule has 0 saturated carbocycles. The molecule has 2 aromatic rings. The lowest BCUT2D eigenvalue weighted by atomic mass is 10.1. The zero-order chi connectivity index (χ0) is 20.1. The molecule has 1 fully saturated rings. The van der Waals surface area contributed by atoms with Crippen molar-refractivity contribution in [1.82, 2.24) is 30.0 Å². The number of amides is 1. The number of hydrogen-bond donors (Lipinski definition) is 2. The van der Waals surface area contributed by atoms with Crippen molar-refractivity contribution in [1.29, 1.82) is 0 Å². The first kappa shape index (κ1) is 19.8. The van der Waals surface area contributed by atoms with Crippen molar-refractivity contribution < 1.29 is 4.79 Å². The van der Waals surface area contributed by atoms with Crippen LogP contribution in [-0.4, -0.2) is 49.8 Å². The van der Waals surface area contributed by atoms with Gasteiger partial charge in [0.2, 0.25) is 11.8 Å². The smallest absolute Gasteiger partial charge is 0.289 e. The summed E-state index contributed by atoms with van der Waals surface area (Å²) < 4.78 is 1.74. The second-order valence-electron chi connectivity index (χ2n) is 6.93. The molecule has 0 bridgehead atoms. The average Bonchev–Trinajstić information content (AvgIpc) is 3.07. The summed E-state index contributed by atoms with van der Waals surface area (Å²) in [5, 5.41) is 11.2. The molecule has 2 aromatic heterocycles. The lowest BCUT2D eigenvalue weighted by Gasteiger charge is -2.31. The second-order valence-corrected chi connectivity index (χ2v) is 6.93. The minimum absolute atomic E-state index is 0.0927. The van der Waals surface area contributed by atoms with E-state index in [1.54, 1.807) is 11.5 Å². The highest BCUT2D eigenvalue weighted by molar-refractivity contribution is 5.91. The van der Waals surface area contributed by atoms with E-state index in [9.17, 15) is 4.79 Å². The highest BCUT2D eigenvalue weighted by Gasteiger charge is 2.25. The summed E-state index contributed by atoms with van der Waals surface area (Å²) in [7, 11) is 0. The summed E-state index contributed by atoms with van der Waals surface area (Å²) in [6.45, 7) is 7.65. The van der Waals surface area contributed by atoms with Crippen molar-refractivity contribution in [2.45, 2.75) is 52.7 Å². The number of hydrogen-bond acceptors (Lipinski definition) is 7. The SMILES string of the molecule is CC#CCn1c(C(=O)NCc2nc(C)cc(C)n2)nnc1N1CCCC(N)C1. The van der Waals surface area contributed by atoms with Crippen LogP contribution in [0.25, 0.3) is 0 Å². The van der Waals surface area contributed by atoms with Gasteiger partial charge in [-0.05, 0) is 39.7 Å². The number of carbonyl (C=O) groups excluding carboxylic acids is 1. The van der Waals surface area contributed by atoms with Gasteiger partial charge in [0.05, 0.1) is 13.1 Å². The predicted octanol–water partition coefficient (Wildman–Crippen LogP) is 0.566. The largest absolute Gasteiger partial charge is 0.342 e. The topological polar surface area (TPSA) is 115 Å². The monoisotopic (exact) mass is 382 g/mol. The van der Waals surface area contributed by atoms with Gasteiger partial charge < -0.3 is 16.0 Å². The van der Waals surface area contributed by atoms with Crippen LogP contribution in [0.3, 0.4) is 0 Å². The summed E-state index contributed by atoms with van der Waals surface area (Å²) in [6.07, 6.45) is 1.97. The number of anilines is 1. The Morgan fingerprint density at radius 3 is 2.75 bits per heavy atom. The van der Waals surface area contributed by atoms with Crippen molar-refractivity contribution in [3.63, 3.8) is 0 Å². The number of nitrogens with one attached hydrogen (secondary N) is 1. The summed E-state index contributed by atoms with van der Waals surface area (Å²) in [6, 6.07) is 1.98. The van der Waals surface area contributed by atoms with Gasteiger partial charge in [-0.25, -0.2) is 9.97 Å². The molecule has 3 N–H and O–H groups in total. The highest BCUT2D eigenvalue weighted by Crippen LogP contribution is 2.18. The molecule has 148 valence electrons. The summed E-state index contributed by atoms with van der Waals surface area (Å²) >= 11 is 0. The molecule has 3 heterocycles. The highest BCUT2D eigenvalue weighted by atomic mass is 16.2. The van der Waals surface area contributed by atoms with Crippen LogP contribution in [-0.2, 0) is 13.1 Å². The fourth-order valence-corrected chi connectivity index (χ4v) is 3.31. The Balaban J connectivity index is 1.79. The lowest BCUT2D eigenvalue weighted by molar-refractivity contribution is 0.0935. The van der Waals surface area contributed by atoms with E-state index >= 15 is 0 Å². The van der Waals surface area contributed by atoms with Gasteiger partial charge in [0.15, 0.2) is 0 Å². The molecule has 1 aliphatic heterocycles. The number of aromatic nitrogens is 5. The molecule has 0 radical (unpaired) electrons. The van der Waals surface area contributed by atoms with Gasteiger partial charge in [-0.15, -0.1) is 16.1 Å². The van der Waals surface area contributed by atoms with Crippen LogP contribution < -0.4 is 16.0 Å². The Labute approximate surface area is 164 Å². The minimum atomic E-state index is -0.333. The van der Waals surface area contributed by atoms with E-state index < -0.39 is 0 Å². The molecule has 28 heavy (non-hydrogen) atoms.